The SMILES string of the molecule is Cc1ccccc1-c1nccc(B2OC(C)(C)C(C)(C)O2)n1. The van der Waals surface area contributed by atoms with Crippen molar-refractivity contribution in [2.45, 2.75) is 45.8 Å². The van der Waals surface area contributed by atoms with E-state index in [0.717, 1.165) is 16.7 Å². The molecule has 1 aliphatic heterocycles. The number of benzene rings is 1. The number of aromatic nitrogens is 2. The summed E-state index contributed by atoms with van der Waals surface area (Å²) >= 11 is 0. The van der Waals surface area contributed by atoms with Crippen LogP contribution in [0.1, 0.15) is 33.3 Å². The predicted octanol–water partition coefficient (Wildman–Crippen LogP) is 2.75. The highest BCUT2D eigenvalue weighted by molar-refractivity contribution is 6.61. The van der Waals surface area contributed by atoms with Crippen LogP contribution in [0.15, 0.2) is 36.5 Å². The number of hydrogen-bond acceptors (Lipinski definition) is 4. The van der Waals surface area contributed by atoms with Crippen LogP contribution in [0.2, 0.25) is 0 Å². The van der Waals surface area contributed by atoms with Crippen molar-refractivity contribution in [1.82, 2.24) is 9.97 Å². The standard InChI is InChI=1S/C17H21BN2O2/c1-12-8-6-7-9-13(12)15-19-11-10-14(20-15)18-21-16(2,3)17(4,5)22-18/h6-11H,1-5H3. The van der Waals surface area contributed by atoms with E-state index in [-0.39, 0.29) is 11.2 Å². The summed E-state index contributed by atoms with van der Waals surface area (Å²) in [6, 6.07) is 9.94. The minimum absolute atomic E-state index is 0.370. The second kappa shape index (κ2) is 5.18. The Labute approximate surface area is 132 Å². The summed E-state index contributed by atoms with van der Waals surface area (Å²) in [7, 11) is -0.462. The van der Waals surface area contributed by atoms with Crippen LogP contribution in [0.3, 0.4) is 0 Å². The molecule has 114 valence electrons. The van der Waals surface area contributed by atoms with E-state index >= 15 is 0 Å². The number of nitrogens with zero attached hydrogens (tertiary/aromatic N) is 2. The van der Waals surface area contributed by atoms with Crippen molar-refractivity contribution in [3.63, 3.8) is 0 Å². The summed E-state index contributed by atoms with van der Waals surface area (Å²) in [5.41, 5.74) is 2.19. The Kier molecular flexibility index (Phi) is 3.58. The molecule has 2 heterocycles. The lowest BCUT2D eigenvalue weighted by Crippen LogP contribution is -2.41. The van der Waals surface area contributed by atoms with Gasteiger partial charge in [0.05, 0.1) is 16.8 Å². The second-order valence-corrected chi connectivity index (χ2v) is 6.71. The summed E-state index contributed by atoms with van der Waals surface area (Å²) in [6.07, 6.45) is 1.76. The molecule has 2 aromatic rings. The van der Waals surface area contributed by atoms with Crippen molar-refractivity contribution >= 4 is 12.7 Å². The lowest BCUT2D eigenvalue weighted by Gasteiger charge is -2.32. The van der Waals surface area contributed by atoms with E-state index in [1.165, 1.54) is 0 Å². The van der Waals surface area contributed by atoms with Gasteiger partial charge in [0.25, 0.3) is 0 Å². The van der Waals surface area contributed by atoms with Crippen molar-refractivity contribution < 1.29 is 9.31 Å². The molecule has 1 fully saturated rings. The van der Waals surface area contributed by atoms with E-state index in [1.54, 1.807) is 6.20 Å². The normalized spacial score (nSPS) is 19.4. The molecule has 0 spiro atoms. The molecule has 5 heteroatoms. The van der Waals surface area contributed by atoms with Crippen LogP contribution >= 0.6 is 0 Å². The average Bonchev–Trinajstić information content (AvgIpc) is 2.68. The maximum atomic E-state index is 6.06. The van der Waals surface area contributed by atoms with E-state index in [4.69, 9.17) is 9.31 Å². The molecular formula is C17H21BN2O2. The highest BCUT2D eigenvalue weighted by Crippen LogP contribution is 2.36. The van der Waals surface area contributed by atoms with Gasteiger partial charge >= 0.3 is 7.12 Å². The van der Waals surface area contributed by atoms with Gasteiger partial charge in [0.2, 0.25) is 0 Å². The highest BCUT2D eigenvalue weighted by atomic mass is 16.7. The quantitative estimate of drug-likeness (QED) is 0.799. The smallest absolute Gasteiger partial charge is 0.398 e. The Bertz CT molecular complexity index is 685. The fourth-order valence-electron chi connectivity index (χ4n) is 2.42. The molecule has 0 radical (unpaired) electrons. The van der Waals surface area contributed by atoms with Crippen LogP contribution in [0, 0.1) is 6.92 Å². The maximum absolute atomic E-state index is 6.06. The fourth-order valence-corrected chi connectivity index (χ4v) is 2.42. The van der Waals surface area contributed by atoms with Crippen LogP contribution in [-0.2, 0) is 9.31 Å². The Hall–Kier alpha value is -1.72. The van der Waals surface area contributed by atoms with Crippen LogP contribution in [-0.4, -0.2) is 28.3 Å². The monoisotopic (exact) mass is 296 g/mol. The molecule has 0 unspecified atom stereocenters. The summed E-state index contributed by atoms with van der Waals surface area (Å²) in [5, 5.41) is 0. The van der Waals surface area contributed by atoms with Gasteiger partial charge < -0.3 is 9.31 Å². The third-order valence-electron chi connectivity index (χ3n) is 4.56. The van der Waals surface area contributed by atoms with Crippen molar-refractivity contribution in [3.05, 3.63) is 42.1 Å². The molecular weight excluding hydrogens is 275 g/mol. The van der Waals surface area contributed by atoms with Gasteiger partial charge in [-0.3, -0.25) is 0 Å². The molecule has 4 nitrogen and oxygen atoms in total. The van der Waals surface area contributed by atoms with Gasteiger partial charge in [0.15, 0.2) is 5.82 Å². The topological polar surface area (TPSA) is 44.2 Å². The minimum Gasteiger partial charge on any atom is -0.398 e. The molecule has 0 N–H and O–H groups in total. The van der Waals surface area contributed by atoms with Crippen molar-refractivity contribution in [2.24, 2.45) is 0 Å². The van der Waals surface area contributed by atoms with E-state index < -0.39 is 7.12 Å². The van der Waals surface area contributed by atoms with E-state index in [0.29, 0.717) is 5.82 Å². The summed E-state index contributed by atoms with van der Waals surface area (Å²) in [5.74, 6) is 0.699. The Balaban J connectivity index is 1.95. The van der Waals surface area contributed by atoms with Gasteiger partial charge in [-0.15, -0.1) is 0 Å². The summed E-state index contributed by atoms with van der Waals surface area (Å²) < 4.78 is 12.1. The Morgan fingerprint density at radius 1 is 0.955 bits per heavy atom. The maximum Gasteiger partial charge on any atom is 0.514 e. The lowest BCUT2D eigenvalue weighted by molar-refractivity contribution is 0.00578. The van der Waals surface area contributed by atoms with Crippen molar-refractivity contribution in [3.8, 4) is 11.4 Å². The molecule has 1 aromatic carbocycles. The lowest BCUT2D eigenvalue weighted by atomic mass is 9.84. The van der Waals surface area contributed by atoms with Gasteiger partial charge in [-0.2, -0.15) is 0 Å². The van der Waals surface area contributed by atoms with Gasteiger partial charge in [-0.1, -0.05) is 24.3 Å². The van der Waals surface area contributed by atoms with Crippen LogP contribution in [0.5, 0.6) is 0 Å². The predicted molar refractivity (Wildman–Crippen MR) is 87.9 cm³/mol. The molecule has 0 aliphatic carbocycles. The second-order valence-electron chi connectivity index (χ2n) is 6.71. The van der Waals surface area contributed by atoms with E-state index in [2.05, 4.69) is 23.0 Å². The van der Waals surface area contributed by atoms with E-state index in [9.17, 15) is 0 Å². The molecule has 0 saturated carbocycles. The number of aryl methyl sites for hydroxylation is 1. The highest BCUT2D eigenvalue weighted by Gasteiger charge is 2.52. The fraction of sp³-hybridized carbons (Fsp3) is 0.412. The van der Waals surface area contributed by atoms with Crippen LogP contribution in [0.4, 0.5) is 0 Å². The largest absolute Gasteiger partial charge is 0.514 e. The number of rotatable bonds is 2. The first-order valence-electron chi connectivity index (χ1n) is 7.55. The van der Waals surface area contributed by atoms with Crippen LogP contribution in [0.25, 0.3) is 11.4 Å². The molecule has 1 aromatic heterocycles. The summed E-state index contributed by atoms with van der Waals surface area (Å²) in [6.45, 7) is 10.2. The zero-order valence-electron chi connectivity index (χ0n) is 13.8. The van der Waals surface area contributed by atoms with Gasteiger partial charge in [-0.05, 0) is 46.2 Å². The molecule has 1 saturated heterocycles. The van der Waals surface area contributed by atoms with Crippen molar-refractivity contribution in [2.75, 3.05) is 0 Å². The zero-order valence-corrected chi connectivity index (χ0v) is 13.8. The Morgan fingerprint density at radius 3 is 2.23 bits per heavy atom. The minimum atomic E-state index is -0.462. The molecule has 1 aliphatic rings. The van der Waals surface area contributed by atoms with Crippen molar-refractivity contribution in [1.29, 1.82) is 0 Å². The zero-order chi connectivity index (χ0) is 16.0. The Morgan fingerprint density at radius 2 is 1.59 bits per heavy atom. The van der Waals surface area contributed by atoms with Gasteiger partial charge in [0, 0.05) is 11.8 Å². The molecule has 0 atom stereocenters. The first kappa shape index (κ1) is 15.2. The third kappa shape index (κ3) is 2.55. The van der Waals surface area contributed by atoms with Crippen LogP contribution < -0.4 is 5.59 Å². The molecule has 0 bridgehead atoms. The molecule has 22 heavy (non-hydrogen) atoms. The van der Waals surface area contributed by atoms with E-state index in [1.807, 2.05) is 52.0 Å². The average molecular weight is 296 g/mol. The third-order valence-corrected chi connectivity index (χ3v) is 4.56. The van der Waals surface area contributed by atoms with Gasteiger partial charge in [-0.25, -0.2) is 9.97 Å². The molecule has 0 amide bonds. The molecule has 3 rings (SSSR count). The summed E-state index contributed by atoms with van der Waals surface area (Å²) in [4.78, 5) is 9.05. The first-order chi connectivity index (χ1) is 10.3. The first-order valence-corrected chi connectivity index (χ1v) is 7.55. The number of hydrogen-bond donors (Lipinski definition) is 0. The van der Waals surface area contributed by atoms with Gasteiger partial charge in [0.1, 0.15) is 0 Å².